The van der Waals surface area contributed by atoms with Gasteiger partial charge in [-0.25, -0.2) is 0 Å². The first-order chi connectivity index (χ1) is 7.24. The van der Waals surface area contributed by atoms with E-state index in [0.29, 0.717) is 11.1 Å². The monoisotopic (exact) mass is 284 g/mol. The van der Waals surface area contributed by atoms with Crippen molar-refractivity contribution in [3.05, 3.63) is 40.2 Å². The Morgan fingerprint density at radius 3 is 2.60 bits per heavy atom. The van der Waals surface area contributed by atoms with E-state index in [-0.39, 0.29) is 0 Å². The van der Waals surface area contributed by atoms with Crippen LogP contribution in [0.3, 0.4) is 0 Å². The van der Waals surface area contributed by atoms with Gasteiger partial charge in [-0.2, -0.15) is 0 Å². The fourth-order valence-electron chi connectivity index (χ4n) is 1.06. The SMILES string of the molecule is Cc1nnc(SCc2ccc(Br)cc2)o1. The van der Waals surface area contributed by atoms with Gasteiger partial charge in [0.25, 0.3) is 5.22 Å². The maximum Gasteiger partial charge on any atom is 0.276 e. The maximum absolute atomic E-state index is 5.26. The molecular formula is C10H9BrN2OS. The van der Waals surface area contributed by atoms with Crippen molar-refractivity contribution in [1.29, 1.82) is 0 Å². The summed E-state index contributed by atoms with van der Waals surface area (Å²) in [7, 11) is 0. The Kier molecular flexibility index (Phi) is 3.43. The molecule has 0 radical (unpaired) electrons. The van der Waals surface area contributed by atoms with Crippen LogP contribution in [0.5, 0.6) is 0 Å². The molecule has 15 heavy (non-hydrogen) atoms. The number of thioether (sulfide) groups is 1. The summed E-state index contributed by atoms with van der Waals surface area (Å²) in [6, 6.07) is 8.19. The van der Waals surface area contributed by atoms with Crippen LogP contribution in [-0.4, -0.2) is 10.2 Å². The van der Waals surface area contributed by atoms with E-state index in [2.05, 4.69) is 38.3 Å². The molecule has 5 heteroatoms. The Hall–Kier alpha value is -0.810. The van der Waals surface area contributed by atoms with Gasteiger partial charge in [0.15, 0.2) is 0 Å². The minimum absolute atomic E-state index is 0.605. The summed E-state index contributed by atoms with van der Waals surface area (Å²) >= 11 is 4.94. The molecule has 0 amide bonds. The van der Waals surface area contributed by atoms with Gasteiger partial charge in [-0.05, 0) is 17.7 Å². The molecule has 2 rings (SSSR count). The second kappa shape index (κ2) is 4.81. The zero-order chi connectivity index (χ0) is 10.7. The summed E-state index contributed by atoms with van der Waals surface area (Å²) in [5.74, 6) is 1.45. The van der Waals surface area contributed by atoms with Crippen LogP contribution in [0.2, 0.25) is 0 Å². The highest BCUT2D eigenvalue weighted by molar-refractivity contribution is 9.10. The molecule has 2 aromatic rings. The zero-order valence-corrected chi connectivity index (χ0v) is 10.5. The van der Waals surface area contributed by atoms with Gasteiger partial charge in [0.2, 0.25) is 5.89 Å². The molecule has 1 heterocycles. The molecule has 0 saturated carbocycles. The molecule has 0 N–H and O–H groups in total. The highest BCUT2D eigenvalue weighted by Gasteiger charge is 2.03. The Bertz CT molecular complexity index is 441. The Morgan fingerprint density at radius 1 is 1.27 bits per heavy atom. The fraction of sp³-hybridized carbons (Fsp3) is 0.200. The number of aromatic nitrogens is 2. The normalized spacial score (nSPS) is 10.5. The van der Waals surface area contributed by atoms with Crippen molar-refractivity contribution in [2.24, 2.45) is 0 Å². The molecule has 0 saturated heterocycles. The van der Waals surface area contributed by atoms with E-state index in [9.17, 15) is 0 Å². The summed E-state index contributed by atoms with van der Waals surface area (Å²) < 4.78 is 6.35. The minimum Gasteiger partial charge on any atom is -0.416 e. The molecule has 0 unspecified atom stereocenters. The standard InChI is InChI=1S/C10H9BrN2OS/c1-7-12-13-10(14-7)15-6-8-2-4-9(11)5-3-8/h2-5H,6H2,1H3. The number of rotatable bonds is 3. The van der Waals surface area contributed by atoms with Crippen molar-refractivity contribution >= 4 is 27.7 Å². The molecular weight excluding hydrogens is 276 g/mol. The molecule has 1 aromatic carbocycles. The van der Waals surface area contributed by atoms with Gasteiger partial charge in [0.1, 0.15) is 0 Å². The van der Waals surface area contributed by atoms with Gasteiger partial charge >= 0.3 is 0 Å². The number of aryl methyl sites for hydroxylation is 1. The van der Waals surface area contributed by atoms with Crippen molar-refractivity contribution in [3.8, 4) is 0 Å². The molecule has 0 aliphatic rings. The second-order valence-corrected chi connectivity index (χ2v) is 4.84. The first-order valence-electron chi connectivity index (χ1n) is 4.41. The third-order valence-electron chi connectivity index (χ3n) is 1.78. The van der Waals surface area contributed by atoms with Gasteiger partial charge in [0, 0.05) is 17.1 Å². The molecule has 0 spiro atoms. The minimum atomic E-state index is 0.605. The van der Waals surface area contributed by atoms with Crippen LogP contribution in [0.4, 0.5) is 0 Å². The summed E-state index contributed by atoms with van der Waals surface area (Å²) in [6.45, 7) is 1.79. The Balaban J connectivity index is 1.96. The topological polar surface area (TPSA) is 38.9 Å². The first-order valence-corrected chi connectivity index (χ1v) is 6.19. The highest BCUT2D eigenvalue weighted by Crippen LogP contribution is 2.22. The summed E-state index contributed by atoms with van der Waals surface area (Å²) in [5.41, 5.74) is 1.24. The van der Waals surface area contributed by atoms with Crippen LogP contribution >= 0.6 is 27.7 Å². The lowest BCUT2D eigenvalue weighted by Crippen LogP contribution is -1.80. The molecule has 0 aliphatic carbocycles. The quantitative estimate of drug-likeness (QED) is 0.810. The van der Waals surface area contributed by atoms with Crippen LogP contribution in [0.25, 0.3) is 0 Å². The third-order valence-corrected chi connectivity index (χ3v) is 3.20. The molecule has 0 atom stereocenters. The summed E-state index contributed by atoms with van der Waals surface area (Å²) in [6.07, 6.45) is 0. The molecule has 0 bridgehead atoms. The van der Waals surface area contributed by atoms with Crippen LogP contribution in [0.1, 0.15) is 11.5 Å². The van der Waals surface area contributed by atoms with Crippen LogP contribution in [0, 0.1) is 6.92 Å². The average Bonchev–Trinajstić information content (AvgIpc) is 2.64. The van der Waals surface area contributed by atoms with E-state index >= 15 is 0 Å². The fourth-order valence-corrected chi connectivity index (χ4v) is 2.09. The van der Waals surface area contributed by atoms with Gasteiger partial charge < -0.3 is 4.42 Å². The smallest absolute Gasteiger partial charge is 0.276 e. The van der Waals surface area contributed by atoms with E-state index in [4.69, 9.17) is 4.42 Å². The lowest BCUT2D eigenvalue weighted by atomic mass is 10.2. The van der Waals surface area contributed by atoms with Crippen LogP contribution in [0.15, 0.2) is 38.4 Å². The van der Waals surface area contributed by atoms with Crippen molar-refractivity contribution < 1.29 is 4.42 Å². The summed E-state index contributed by atoms with van der Waals surface area (Å²) in [4.78, 5) is 0. The lowest BCUT2D eigenvalue weighted by Gasteiger charge is -1.97. The molecule has 3 nitrogen and oxygen atoms in total. The second-order valence-electron chi connectivity index (χ2n) is 3.00. The van der Waals surface area contributed by atoms with Gasteiger partial charge in [-0.1, -0.05) is 39.8 Å². The lowest BCUT2D eigenvalue weighted by molar-refractivity contribution is 0.429. The van der Waals surface area contributed by atoms with Crippen molar-refractivity contribution in [2.45, 2.75) is 17.9 Å². The van der Waals surface area contributed by atoms with E-state index in [1.54, 1.807) is 18.7 Å². The molecule has 78 valence electrons. The molecule has 0 fully saturated rings. The van der Waals surface area contributed by atoms with E-state index in [1.165, 1.54) is 5.56 Å². The van der Waals surface area contributed by atoms with Crippen molar-refractivity contribution in [2.75, 3.05) is 0 Å². The average molecular weight is 285 g/mol. The van der Waals surface area contributed by atoms with Gasteiger partial charge in [-0.3, -0.25) is 0 Å². The predicted molar refractivity (Wildman–Crippen MR) is 62.7 cm³/mol. The third kappa shape index (κ3) is 3.07. The van der Waals surface area contributed by atoms with Crippen LogP contribution in [-0.2, 0) is 5.75 Å². The van der Waals surface area contributed by atoms with Gasteiger partial charge in [0.05, 0.1) is 0 Å². The van der Waals surface area contributed by atoms with Crippen molar-refractivity contribution in [1.82, 2.24) is 10.2 Å². The number of hydrogen-bond acceptors (Lipinski definition) is 4. The van der Waals surface area contributed by atoms with Crippen molar-refractivity contribution in [3.63, 3.8) is 0 Å². The molecule has 0 aliphatic heterocycles. The van der Waals surface area contributed by atoms with Crippen LogP contribution < -0.4 is 0 Å². The number of halogens is 1. The van der Waals surface area contributed by atoms with E-state index in [0.717, 1.165) is 10.2 Å². The van der Waals surface area contributed by atoms with Gasteiger partial charge in [-0.15, -0.1) is 10.2 Å². The Morgan fingerprint density at radius 2 is 2.00 bits per heavy atom. The Labute approximate surface area is 100 Å². The largest absolute Gasteiger partial charge is 0.416 e. The van der Waals surface area contributed by atoms with E-state index in [1.807, 2.05) is 12.1 Å². The highest BCUT2D eigenvalue weighted by atomic mass is 79.9. The van der Waals surface area contributed by atoms with E-state index < -0.39 is 0 Å². The number of nitrogens with zero attached hydrogens (tertiary/aromatic N) is 2. The predicted octanol–water partition coefficient (Wildman–Crippen LogP) is 3.43. The maximum atomic E-state index is 5.26. The number of hydrogen-bond donors (Lipinski definition) is 0. The first kappa shape index (κ1) is 10.7. The summed E-state index contributed by atoms with van der Waals surface area (Å²) in [5, 5.41) is 8.30. The number of benzene rings is 1. The molecule has 1 aromatic heterocycles. The zero-order valence-electron chi connectivity index (χ0n) is 8.11.